The summed E-state index contributed by atoms with van der Waals surface area (Å²) in [5.41, 5.74) is 2.17. The zero-order valence-corrected chi connectivity index (χ0v) is 20.2. The van der Waals surface area contributed by atoms with Gasteiger partial charge in [0.2, 0.25) is 0 Å². The topological polar surface area (TPSA) is 68.5 Å². The summed E-state index contributed by atoms with van der Waals surface area (Å²) in [7, 11) is 3.40. The van der Waals surface area contributed by atoms with E-state index in [0.717, 1.165) is 55.5 Å². The molecular weight excluding hydrogens is 416 g/mol. The zero-order chi connectivity index (χ0) is 23.4. The Morgan fingerprint density at radius 1 is 0.939 bits per heavy atom. The summed E-state index contributed by atoms with van der Waals surface area (Å²) in [4.78, 5) is 4.88. The van der Waals surface area contributed by atoms with Crippen LogP contribution in [0.3, 0.4) is 0 Å². The molecule has 1 fully saturated rings. The average Bonchev–Trinajstić information content (AvgIpc) is 3.35. The molecule has 1 aliphatic heterocycles. The second-order valence-electron chi connectivity index (χ2n) is 9.02. The molecule has 8 nitrogen and oxygen atoms in total. The highest BCUT2D eigenvalue weighted by molar-refractivity contribution is 5.51. The van der Waals surface area contributed by atoms with Crippen LogP contribution in [0.5, 0.6) is 11.5 Å². The van der Waals surface area contributed by atoms with Crippen molar-refractivity contribution in [3.8, 4) is 11.5 Å². The van der Waals surface area contributed by atoms with Gasteiger partial charge in [-0.15, -0.1) is 5.10 Å². The van der Waals surface area contributed by atoms with Crippen molar-refractivity contribution in [2.75, 3.05) is 45.3 Å². The zero-order valence-electron chi connectivity index (χ0n) is 20.2. The maximum Gasteiger partial charge on any atom is 0.173 e. The highest BCUT2D eigenvalue weighted by Crippen LogP contribution is 2.33. The molecule has 1 atom stereocenters. The first-order chi connectivity index (χ1) is 16.0. The van der Waals surface area contributed by atoms with Crippen LogP contribution in [0.25, 0.3) is 0 Å². The van der Waals surface area contributed by atoms with E-state index in [4.69, 9.17) is 9.47 Å². The molecule has 0 bridgehead atoms. The molecule has 0 amide bonds. The summed E-state index contributed by atoms with van der Waals surface area (Å²) < 4.78 is 12.8. The highest BCUT2D eigenvalue weighted by Gasteiger charge is 2.34. The Morgan fingerprint density at radius 2 is 1.64 bits per heavy atom. The van der Waals surface area contributed by atoms with Crippen LogP contribution in [0, 0.1) is 0 Å². The molecule has 0 aliphatic carbocycles. The third kappa shape index (κ3) is 4.80. The molecule has 0 saturated carbocycles. The summed E-state index contributed by atoms with van der Waals surface area (Å²) in [6, 6.07) is 16.5. The standard InChI is InChI=1S/C25H34N6O2/c1-6-25(2,3)31-24(26-27-28-31)23(19-10-12-21(32-4)13-11-19)30-16-14-29(15-17-30)20-8-7-9-22(18-20)33-5/h7-13,18,23H,6,14-17H2,1-5H3. The Bertz CT molecular complexity index is 1040. The molecule has 2 heterocycles. The lowest BCUT2D eigenvalue weighted by molar-refractivity contribution is 0.187. The van der Waals surface area contributed by atoms with Crippen molar-refractivity contribution < 1.29 is 9.47 Å². The predicted octanol–water partition coefficient (Wildman–Crippen LogP) is 3.75. The lowest BCUT2D eigenvalue weighted by Crippen LogP contribution is -2.48. The van der Waals surface area contributed by atoms with Crippen LogP contribution in [0.4, 0.5) is 5.69 Å². The third-order valence-electron chi connectivity index (χ3n) is 6.71. The van der Waals surface area contributed by atoms with Gasteiger partial charge in [0, 0.05) is 37.9 Å². The summed E-state index contributed by atoms with van der Waals surface area (Å²) >= 11 is 0. The summed E-state index contributed by atoms with van der Waals surface area (Å²) in [5, 5.41) is 13.0. The summed E-state index contributed by atoms with van der Waals surface area (Å²) in [6.45, 7) is 10.1. The van der Waals surface area contributed by atoms with Gasteiger partial charge in [0.1, 0.15) is 11.5 Å². The number of methoxy groups -OCH3 is 2. The van der Waals surface area contributed by atoms with Crippen molar-refractivity contribution in [1.82, 2.24) is 25.1 Å². The van der Waals surface area contributed by atoms with E-state index in [-0.39, 0.29) is 11.6 Å². The van der Waals surface area contributed by atoms with Gasteiger partial charge in [0.05, 0.1) is 25.8 Å². The fourth-order valence-corrected chi connectivity index (χ4v) is 4.30. The van der Waals surface area contributed by atoms with Crippen LogP contribution < -0.4 is 14.4 Å². The number of rotatable bonds is 8. The number of hydrogen-bond donors (Lipinski definition) is 0. The molecule has 3 aromatic rings. The van der Waals surface area contributed by atoms with Gasteiger partial charge in [-0.25, -0.2) is 4.68 Å². The summed E-state index contributed by atoms with van der Waals surface area (Å²) in [6.07, 6.45) is 0.935. The quantitative estimate of drug-likeness (QED) is 0.518. The number of ether oxygens (including phenoxy) is 2. The van der Waals surface area contributed by atoms with Crippen LogP contribution >= 0.6 is 0 Å². The van der Waals surface area contributed by atoms with Crippen molar-refractivity contribution in [3.05, 3.63) is 59.9 Å². The van der Waals surface area contributed by atoms with E-state index >= 15 is 0 Å². The van der Waals surface area contributed by atoms with Gasteiger partial charge < -0.3 is 14.4 Å². The van der Waals surface area contributed by atoms with Crippen LogP contribution in [0.1, 0.15) is 44.6 Å². The van der Waals surface area contributed by atoms with Crippen molar-refractivity contribution in [1.29, 1.82) is 0 Å². The smallest absolute Gasteiger partial charge is 0.173 e. The number of anilines is 1. The Hall–Kier alpha value is -3.13. The molecule has 1 aromatic heterocycles. The summed E-state index contributed by atoms with van der Waals surface area (Å²) in [5.74, 6) is 2.60. The number of nitrogens with zero attached hydrogens (tertiary/aromatic N) is 6. The molecule has 0 radical (unpaired) electrons. The molecule has 0 spiro atoms. The molecule has 2 aromatic carbocycles. The number of piperazine rings is 1. The van der Waals surface area contributed by atoms with Gasteiger partial charge in [-0.1, -0.05) is 25.1 Å². The van der Waals surface area contributed by atoms with E-state index < -0.39 is 0 Å². The average molecular weight is 451 g/mol. The van der Waals surface area contributed by atoms with Crippen molar-refractivity contribution in [2.45, 2.75) is 38.8 Å². The van der Waals surface area contributed by atoms with Gasteiger partial charge in [-0.05, 0) is 60.5 Å². The lowest BCUT2D eigenvalue weighted by Gasteiger charge is -2.40. The second-order valence-corrected chi connectivity index (χ2v) is 9.02. The molecule has 0 N–H and O–H groups in total. The SMILES string of the molecule is CCC(C)(C)n1nnnc1C(c1ccc(OC)cc1)N1CCN(c2cccc(OC)c2)CC1. The molecule has 176 valence electrons. The Kier molecular flexibility index (Phi) is 6.83. The fraction of sp³-hybridized carbons (Fsp3) is 0.480. The molecule has 1 saturated heterocycles. The van der Waals surface area contributed by atoms with E-state index in [1.165, 1.54) is 5.69 Å². The Labute approximate surface area is 196 Å². The third-order valence-corrected chi connectivity index (χ3v) is 6.71. The van der Waals surface area contributed by atoms with Crippen molar-refractivity contribution in [2.24, 2.45) is 0 Å². The molecular formula is C25H34N6O2. The van der Waals surface area contributed by atoms with Crippen LogP contribution in [0.2, 0.25) is 0 Å². The maximum absolute atomic E-state index is 5.41. The molecule has 4 rings (SSSR count). The van der Waals surface area contributed by atoms with E-state index in [1.807, 2.05) is 28.9 Å². The molecule has 1 aliphatic rings. The van der Waals surface area contributed by atoms with Gasteiger partial charge in [-0.3, -0.25) is 4.90 Å². The van der Waals surface area contributed by atoms with E-state index in [1.54, 1.807) is 14.2 Å². The number of hydrogen-bond acceptors (Lipinski definition) is 7. The monoisotopic (exact) mass is 450 g/mol. The Morgan fingerprint density at radius 3 is 2.27 bits per heavy atom. The van der Waals surface area contributed by atoms with Gasteiger partial charge in [-0.2, -0.15) is 0 Å². The van der Waals surface area contributed by atoms with Crippen LogP contribution in [-0.4, -0.2) is 65.5 Å². The largest absolute Gasteiger partial charge is 0.497 e. The predicted molar refractivity (Wildman–Crippen MR) is 129 cm³/mol. The first-order valence-corrected chi connectivity index (χ1v) is 11.5. The first-order valence-electron chi connectivity index (χ1n) is 11.5. The van der Waals surface area contributed by atoms with E-state index in [9.17, 15) is 0 Å². The minimum Gasteiger partial charge on any atom is -0.497 e. The van der Waals surface area contributed by atoms with E-state index in [0.29, 0.717) is 0 Å². The van der Waals surface area contributed by atoms with Crippen molar-refractivity contribution in [3.63, 3.8) is 0 Å². The maximum atomic E-state index is 5.41. The molecule has 33 heavy (non-hydrogen) atoms. The fourth-order valence-electron chi connectivity index (χ4n) is 4.30. The first kappa shape index (κ1) is 23.0. The molecule has 1 unspecified atom stereocenters. The number of tetrazole rings is 1. The van der Waals surface area contributed by atoms with Crippen molar-refractivity contribution >= 4 is 5.69 Å². The highest BCUT2D eigenvalue weighted by atomic mass is 16.5. The molecule has 8 heteroatoms. The minimum absolute atomic E-state index is 0.0378. The van der Waals surface area contributed by atoms with Gasteiger partial charge in [0.25, 0.3) is 0 Å². The lowest BCUT2D eigenvalue weighted by atomic mass is 9.99. The van der Waals surface area contributed by atoms with E-state index in [2.05, 4.69) is 70.4 Å². The van der Waals surface area contributed by atoms with Gasteiger partial charge >= 0.3 is 0 Å². The minimum atomic E-state index is -0.175. The Balaban J connectivity index is 1.63. The normalized spacial score (nSPS) is 16.0. The van der Waals surface area contributed by atoms with Crippen LogP contribution in [0.15, 0.2) is 48.5 Å². The van der Waals surface area contributed by atoms with Gasteiger partial charge in [0.15, 0.2) is 5.82 Å². The number of aromatic nitrogens is 4. The second kappa shape index (κ2) is 9.79. The van der Waals surface area contributed by atoms with Crippen LogP contribution in [-0.2, 0) is 5.54 Å². The number of benzene rings is 2.